The molecule has 0 atom stereocenters. The first-order chi connectivity index (χ1) is 9.77. The highest BCUT2D eigenvalue weighted by Gasteiger charge is 2.31. The summed E-state index contributed by atoms with van der Waals surface area (Å²) in [7, 11) is 0. The molecule has 21 heavy (non-hydrogen) atoms. The summed E-state index contributed by atoms with van der Waals surface area (Å²) in [4.78, 5) is 20.7. The number of carbonyl (C=O) groups excluding carboxylic acids is 1. The number of nitroso groups, excluding NO2 is 1. The van der Waals surface area contributed by atoms with Crippen LogP contribution in [0, 0.1) is 10.3 Å². The van der Waals surface area contributed by atoms with E-state index in [2.05, 4.69) is 10.5 Å². The molecule has 1 rings (SSSR count). The van der Waals surface area contributed by atoms with Gasteiger partial charge in [0.25, 0.3) is 0 Å². The number of alkyl halides is 3. The molecule has 0 aliphatic rings. The number of halogens is 3. The minimum atomic E-state index is -4.62. The Morgan fingerprint density at radius 2 is 2.10 bits per heavy atom. The number of ether oxygens (including phenoxy) is 1. The quantitative estimate of drug-likeness (QED) is 0.379. The molecule has 0 spiro atoms. The van der Waals surface area contributed by atoms with Gasteiger partial charge in [-0.05, 0) is 30.3 Å². The molecule has 112 valence electrons. The summed E-state index contributed by atoms with van der Waals surface area (Å²) in [5, 5.41) is 12.2. The average molecular weight is 301 g/mol. The van der Waals surface area contributed by atoms with Gasteiger partial charge in [-0.15, -0.1) is 4.91 Å². The summed E-state index contributed by atoms with van der Waals surface area (Å²) in [6, 6.07) is 2.12. The number of rotatable bonds is 5. The summed E-state index contributed by atoms with van der Waals surface area (Å²) in [6.07, 6.45) is -3.12. The number of hydrogen-bond acceptors (Lipinski definition) is 5. The summed E-state index contributed by atoms with van der Waals surface area (Å²) in [5.41, 5.74) is -1.35. The molecule has 6 nitrogen and oxygen atoms in total. The lowest BCUT2D eigenvalue weighted by Crippen LogP contribution is -2.12. The first-order valence-electron chi connectivity index (χ1n) is 5.47. The molecule has 1 aromatic rings. The van der Waals surface area contributed by atoms with Gasteiger partial charge in [0.05, 0.1) is 5.56 Å². The number of hydrogen-bond donors (Lipinski definition) is 2. The lowest BCUT2D eigenvalue weighted by atomic mass is 10.2. The monoisotopic (exact) mass is 301 g/mol. The molecule has 0 bridgehead atoms. The van der Waals surface area contributed by atoms with Crippen LogP contribution in [0.25, 0.3) is 0 Å². The molecule has 0 radical (unpaired) electrons. The van der Waals surface area contributed by atoms with Gasteiger partial charge >= 0.3 is 6.18 Å². The second kappa shape index (κ2) is 6.64. The van der Waals surface area contributed by atoms with Crippen LogP contribution in [0.4, 0.5) is 18.9 Å². The van der Waals surface area contributed by atoms with E-state index < -0.39 is 23.3 Å². The summed E-state index contributed by atoms with van der Waals surface area (Å²) < 4.78 is 42.3. The highest BCUT2D eigenvalue weighted by atomic mass is 19.4. The Bertz CT molecular complexity index is 597. The van der Waals surface area contributed by atoms with Crippen molar-refractivity contribution in [1.82, 2.24) is 5.32 Å². The van der Waals surface area contributed by atoms with Crippen LogP contribution in [0.15, 0.2) is 35.1 Å². The van der Waals surface area contributed by atoms with E-state index >= 15 is 0 Å². The number of allylic oxidation sites excluding steroid dienone is 1. The molecular formula is C12H10F3N3O3. The summed E-state index contributed by atoms with van der Waals surface area (Å²) in [6.45, 7) is 1.47. The molecule has 2 N–H and O–H groups in total. The largest absolute Gasteiger partial charge is 0.437 e. The Morgan fingerprint density at radius 1 is 1.43 bits per heavy atom. The molecule has 0 aliphatic heterocycles. The third kappa shape index (κ3) is 4.71. The summed E-state index contributed by atoms with van der Waals surface area (Å²) in [5.74, 6) is -0.773. The molecule has 9 heteroatoms. The van der Waals surface area contributed by atoms with Gasteiger partial charge in [-0.25, -0.2) is 0 Å². The zero-order valence-corrected chi connectivity index (χ0v) is 10.7. The van der Waals surface area contributed by atoms with Crippen LogP contribution in [0.3, 0.4) is 0 Å². The third-order valence-electron chi connectivity index (χ3n) is 2.24. The van der Waals surface area contributed by atoms with E-state index in [-0.39, 0.29) is 11.4 Å². The van der Waals surface area contributed by atoms with Crippen molar-refractivity contribution in [2.45, 2.75) is 13.1 Å². The van der Waals surface area contributed by atoms with E-state index in [0.29, 0.717) is 18.5 Å². The van der Waals surface area contributed by atoms with Crippen LogP contribution in [-0.2, 0) is 11.0 Å². The minimum absolute atomic E-state index is 0.280. The minimum Gasteiger partial charge on any atom is -0.437 e. The van der Waals surface area contributed by atoms with Crippen LogP contribution in [0.1, 0.15) is 12.5 Å². The van der Waals surface area contributed by atoms with Crippen LogP contribution in [0.5, 0.6) is 5.75 Å². The Hall–Kier alpha value is -2.71. The van der Waals surface area contributed by atoms with Crippen LogP contribution in [-0.4, -0.2) is 12.3 Å². The number of benzene rings is 1. The van der Waals surface area contributed by atoms with Crippen molar-refractivity contribution in [2.24, 2.45) is 5.18 Å². The smallest absolute Gasteiger partial charge is 0.416 e. The zero-order valence-electron chi connectivity index (χ0n) is 10.7. The second-order valence-corrected chi connectivity index (χ2v) is 3.83. The van der Waals surface area contributed by atoms with Crippen molar-refractivity contribution in [2.75, 3.05) is 0 Å². The van der Waals surface area contributed by atoms with Gasteiger partial charge in [-0.2, -0.15) is 13.2 Å². The fraction of sp³-hybridized carbons (Fsp3) is 0.167. The van der Waals surface area contributed by atoms with Gasteiger partial charge in [-0.3, -0.25) is 10.2 Å². The van der Waals surface area contributed by atoms with Crippen LogP contribution < -0.4 is 10.1 Å². The number of nitrogens with zero attached hydrogens (tertiary/aromatic N) is 1. The predicted molar refractivity (Wildman–Crippen MR) is 68.2 cm³/mol. The van der Waals surface area contributed by atoms with Crippen molar-refractivity contribution >= 4 is 18.0 Å². The molecule has 0 aromatic heterocycles. The fourth-order valence-corrected chi connectivity index (χ4v) is 1.33. The topological polar surface area (TPSA) is 91.6 Å². The molecule has 0 fully saturated rings. The Labute approximate surface area is 117 Å². The van der Waals surface area contributed by atoms with Crippen molar-refractivity contribution in [1.29, 1.82) is 5.41 Å². The van der Waals surface area contributed by atoms with Gasteiger partial charge in [-0.1, -0.05) is 0 Å². The van der Waals surface area contributed by atoms with E-state index in [0.717, 1.165) is 12.1 Å². The van der Waals surface area contributed by atoms with Gasteiger partial charge in [0.2, 0.25) is 12.3 Å². The van der Waals surface area contributed by atoms with Gasteiger partial charge in [0.1, 0.15) is 0 Å². The molecule has 0 saturated heterocycles. The maximum atomic E-state index is 12.5. The van der Waals surface area contributed by atoms with E-state index in [4.69, 9.17) is 10.1 Å². The Kier molecular flexibility index (Phi) is 5.17. The van der Waals surface area contributed by atoms with E-state index in [9.17, 15) is 22.9 Å². The van der Waals surface area contributed by atoms with E-state index in [1.54, 1.807) is 0 Å². The number of amides is 1. The van der Waals surface area contributed by atoms with E-state index in [1.807, 2.05) is 0 Å². The molecule has 1 aromatic carbocycles. The first kappa shape index (κ1) is 16.3. The van der Waals surface area contributed by atoms with E-state index in [1.165, 1.54) is 6.92 Å². The number of nitrogens with one attached hydrogen (secondary N) is 2. The van der Waals surface area contributed by atoms with Crippen LogP contribution >= 0.6 is 0 Å². The molecular weight excluding hydrogens is 291 g/mol. The Balaban J connectivity index is 2.99. The fourth-order valence-electron chi connectivity index (χ4n) is 1.33. The van der Waals surface area contributed by atoms with Crippen molar-refractivity contribution in [3.05, 3.63) is 40.4 Å². The highest BCUT2D eigenvalue weighted by molar-refractivity contribution is 5.88. The maximum absolute atomic E-state index is 12.5. The highest BCUT2D eigenvalue weighted by Crippen LogP contribution is 2.36. The van der Waals surface area contributed by atoms with Crippen molar-refractivity contribution < 1.29 is 22.7 Å². The summed E-state index contributed by atoms with van der Waals surface area (Å²) >= 11 is 0. The van der Waals surface area contributed by atoms with Gasteiger partial charge in [0, 0.05) is 11.8 Å². The maximum Gasteiger partial charge on any atom is 0.416 e. The lowest BCUT2D eigenvalue weighted by molar-refractivity contribution is -0.137. The normalized spacial score (nSPS) is 11.7. The number of carbonyl (C=O) groups is 1. The zero-order chi connectivity index (χ0) is 16.0. The van der Waals surface area contributed by atoms with Gasteiger partial charge < -0.3 is 10.1 Å². The Morgan fingerprint density at radius 3 is 2.62 bits per heavy atom. The lowest BCUT2D eigenvalue weighted by Gasteiger charge is -2.10. The van der Waals surface area contributed by atoms with Crippen LogP contribution in [0.2, 0.25) is 0 Å². The van der Waals surface area contributed by atoms with Crippen molar-refractivity contribution in [3.63, 3.8) is 0 Å². The molecule has 0 saturated carbocycles. The molecule has 0 aliphatic carbocycles. The average Bonchev–Trinajstić information content (AvgIpc) is 2.37. The SMILES string of the molecule is C/C(=C/C(=N)Oc1ccc(C(F)(F)F)cc1N=O)NC=O. The standard InChI is InChI=1S/C12H10F3N3O3/c1-7(17-6-19)4-11(16)21-10-3-2-8(12(13,14)15)5-9(10)18-20/h2-6,16H,1H3,(H,17,19)/b7-4-,16-11?. The predicted octanol–water partition coefficient (Wildman–Crippen LogP) is 3.11. The molecule has 0 unspecified atom stereocenters. The van der Waals surface area contributed by atoms with Gasteiger partial charge in [0.15, 0.2) is 11.4 Å². The van der Waals surface area contributed by atoms with Crippen molar-refractivity contribution in [3.8, 4) is 5.75 Å². The molecule has 0 heterocycles. The third-order valence-corrected chi connectivity index (χ3v) is 2.24. The first-order valence-corrected chi connectivity index (χ1v) is 5.47. The molecule has 1 amide bonds. The second-order valence-electron chi connectivity index (χ2n) is 3.83.